The Kier molecular flexibility index (Phi) is 3.65. The van der Waals surface area contributed by atoms with E-state index in [4.69, 9.17) is 0 Å². The van der Waals surface area contributed by atoms with Crippen LogP contribution in [0, 0.1) is 26.7 Å². The first kappa shape index (κ1) is 13.7. The third-order valence-electron chi connectivity index (χ3n) is 3.58. The highest BCUT2D eigenvalue weighted by Crippen LogP contribution is 2.14. The molecule has 0 aliphatic rings. The van der Waals surface area contributed by atoms with E-state index in [1.54, 1.807) is 4.68 Å². The summed E-state index contributed by atoms with van der Waals surface area (Å²) >= 11 is 0. The topological polar surface area (TPSA) is 37.8 Å². The van der Waals surface area contributed by atoms with Crippen LogP contribution < -0.4 is 5.56 Å². The van der Waals surface area contributed by atoms with Crippen molar-refractivity contribution in [3.05, 3.63) is 50.9 Å². The second kappa shape index (κ2) is 5.08. The van der Waals surface area contributed by atoms with E-state index in [0.717, 1.165) is 23.4 Å². The quantitative estimate of drug-likeness (QED) is 0.901. The summed E-state index contributed by atoms with van der Waals surface area (Å²) in [7, 11) is 0. The van der Waals surface area contributed by atoms with E-state index in [0.29, 0.717) is 5.92 Å². The van der Waals surface area contributed by atoms with E-state index in [1.165, 1.54) is 11.1 Å². The summed E-state index contributed by atoms with van der Waals surface area (Å²) in [6, 6.07) is 6.08. The summed E-state index contributed by atoms with van der Waals surface area (Å²) in [4.78, 5) is 12.3. The van der Waals surface area contributed by atoms with Crippen molar-refractivity contribution in [1.82, 2.24) is 9.78 Å². The molecule has 3 nitrogen and oxygen atoms in total. The summed E-state index contributed by atoms with van der Waals surface area (Å²) in [5.74, 6) is 0.532. The molecule has 2 aromatic rings. The first-order valence-corrected chi connectivity index (χ1v) is 6.78. The Balaban J connectivity index is 2.51. The van der Waals surface area contributed by atoms with Gasteiger partial charge in [0.2, 0.25) is 0 Å². The third-order valence-corrected chi connectivity index (χ3v) is 3.58. The van der Waals surface area contributed by atoms with Crippen LogP contribution >= 0.6 is 0 Å². The highest BCUT2D eigenvalue weighted by molar-refractivity contribution is 5.39. The lowest BCUT2D eigenvalue weighted by Gasteiger charge is -2.06. The summed E-state index contributed by atoms with van der Waals surface area (Å²) in [5, 5.41) is 3.25. The highest BCUT2D eigenvalue weighted by atomic mass is 16.1. The minimum Gasteiger partial charge on any atom is -0.295 e. The maximum Gasteiger partial charge on any atom is 0.274 e. The van der Waals surface area contributed by atoms with Gasteiger partial charge in [0.1, 0.15) is 0 Å². The molecule has 2 rings (SSSR count). The molecule has 0 amide bonds. The zero-order valence-corrected chi connectivity index (χ0v) is 12.4. The number of nitrogens with zero attached hydrogens (tertiary/aromatic N) is 1. The van der Waals surface area contributed by atoms with Crippen LogP contribution in [0.2, 0.25) is 0 Å². The Hall–Kier alpha value is -1.77. The van der Waals surface area contributed by atoms with Gasteiger partial charge in [-0.1, -0.05) is 19.9 Å². The molecule has 102 valence electrons. The third kappa shape index (κ3) is 2.65. The molecule has 0 fully saturated rings. The Bertz CT molecular complexity index is 647. The summed E-state index contributed by atoms with van der Waals surface area (Å²) in [6.07, 6.45) is 0.902. The smallest absolute Gasteiger partial charge is 0.274 e. The lowest BCUT2D eigenvalue weighted by atomic mass is 10.1. The van der Waals surface area contributed by atoms with Crippen LogP contribution in [-0.4, -0.2) is 9.78 Å². The Labute approximate surface area is 114 Å². The number of aryl methyl sites for hydroxylation is 2. The molecule has 0 radical (unpaired) electrons. The van der Waals surface area contributed by atoms with Crippen LogP contribution in [0.15, 0.2) is 23.0 Å². The van der Waals surface area contributed by atoms with E-state index in [-0.39, 0.29) is 5.56 Å². The average molecular weight is 258 g/mol. The molecule has 19 heavy (non-hydrogen) atoms. The van der Waals surface area contributed by atoms with E-state index in [1.807, 2.05) is 19.1 Å². The molecule has 1 N–H and O–H groups in total. The fourth-order valence-corrected chi connectivity index (χ4v) is 2.22. The van der Waals surface area contributed by atoms with Crippen molar-refractivity contribution < 1.29 is 0 Å². The number of benzene rings is 1. The van der Waals surface area contributed by atoms with Crippen molar-refractivity contribution in [1.29, 1.82) is 0 Å². The standard InChI is InChI=1S/C16H22N2O/c1-10(2)8-15-13(5)16(19)18(17-15)14-7-6-11(3)12(4)9-14/h6-7,9-10,17H,8H2,1-5H3. The van der Waals surface area contributed by atoms with Gasteiger partial charge in [0.15, 0.2) is 0 Å². The Morgan fingerprint density at radius 1 is 1.16 bits per heavy atom. The van der Waals surface area contributed by atoms with E-state index >= 15 is 0 Å². The molecular formula is C16H22N2O. The van der Waals surface area contributed by atoms with Crippen LogP contribution in [0.4, 0.5) is 0 Å². The van der Waals surface area contributed by atoms with E-state index in [2.05, 4.69) is 38.9 Å². The number of aromatic amines is 1. The van der Waals surface area contributed by atoms with Gasteiger partial charge in [-0.05, 0) is 56.4 Å². The number of aromatic nitrogens is 2. The Morgan fingerprint density at radius 2 is 1.84 bits per heavy atom. The van der Waals surface area contributed by atoms with Gasteiger partial charge in [-0.2, -0.15) is 0 Å². The molecule has 0 saturated carbocycles. The van der Waals surface area contributed by atoms with Gasteiger partial charge in [-0.25, -0.2) is 4.68 Å². The van der Waals surface area contributed by atoms with Crippen molar-refractivity contribution in [3.8, 4) is 5.69 Å². The van der Waals surface area contributed by atoms with E-state index < -0.39 is 0 Å². The predicted molar refractivity (Wildman–Crippen MR) is 79.1 cm³/mol. The van der Waals surface area contributed by atoms with Gasteiger partial charge in [0, 0.05) is 11.3 Å². The molecule has 0 bridgehead atoms. The lowest BCUT2D eigenvalue weighted by molar-refractivity contribution is 0.626. The van der Waals surface area contributed by atoms with Crippen molar-refractivity contribution >= 4 is 0 Å². The zero-order valence-electron chi connectivity index (χ0n) is 12.4. The first-order valence-electron chi connectivity index (χ1n) is 6.78. The molecule has 3 heteroatoms. The first-order chi connectivity index (χ1) is 8.90. The molecule has 1 heterocycles. The normalized spacial score (nSPS) is 11.3. The van der Waals surface area contributed by atoms with Gasteiger partial charge >= 0.3 is 0 Å². The summed E-state index contributed by atoms with van der Waals surface area (Å²) < 4.78 is 1.65. The van der Waals surface area contributed by atoms with Crippen molar-refractivity contribution in [3.63, 3.8) is 0 Å². The van der Waals surface area contributed by atoms with Gasteiger partial charge in [-0.15, -0.1) is 0 Å². The van der Waals surface area contributed by atoms with Crippen LogP contribution in [0.3, 0.4) is 0 Å². The van der Waals surface area contributed by atoms with Crippen molar-refractivity contribution in [2.45, 2.75) is 41.0 Å². The van der Waals surface area contributed by atoms with Crippen molar-refractivity contribution in [2.75, 3.05) is 0 Å². The van der Waals surface area contributed by atoms with Crippen molar-refractivity contribution in [2.24, 2.45) is 5.92 Å². The summed E-state index contributed by atoms with van der Waals surface area (Å²) in [5.41, 5.74) is 5.26. The molecular weight excluding hydrogens is 236 g/mol. The van der Waals surface area contributed by atoms with E-state index in [9.17, 15) is 4.79 Å². The molecule has 0 aliphatic carbocycles. The minimum atomic E-state index is 0.0545. The number of hydrogen-bond donors (Lipinski definition) is 1. The second-order valence-electron chi connectivity index (χ2n) is 5.72. The monoisotopic (exact) mass is 258 g/mol. The fourth-order valence-electron chi connectivity index (χ4n) is 2.22. The molecule has 1 aromatic carbocycles. The molecule has 0 atom stereocenters. The highest BCUT2D eigenvalue weighted by Gasteiger charge is 2.12. The van der Waals surface area contributed by atoms with Gasteiger partial charge < -0.3 is 0 Å². The second-order valence-corrected chi connectivity index (χ2v) is 5.72. The van der Waals surface area contributed by atoms with Crippen LogP contribution in [0.5, 0.6) is 0 Å². The maximum atomic E-state index is 12.3. The van der Waals surface area contributed by atoms with Crippen LogP contribution in [0.1, 0.15) is 36.2 Å². The SMILES string of the molecule is Cc1ccc(-n2[nH]c(CC(C)C)c(C)c2=O)cc1C. The van der Waals surface area contributed by atoms with Gasteiger partial charge in [-0.3, -0.25) is 9.89 Å². The molecule has 0 spiro atoms. The molecule has 0 unspecified atom stereocenters. The van der Waals surface area contributed by atoms with Crippen LogP contribution in [-0.2, 0) is 6.42 Å². The Morgan fingerprint density at radius 3 is 2.42 bits per heavy atom. The predicted octanol–water partition coefficient (Wildman–Crippen LogP) is 3.29. The van der Waals surface area contributed by atoms with Gasteiger partial charge in [0.25, 0.3) is 5.56 Å². The fraction of sp³-hybridized carbons (Fsp3) is 0.438. The average Bonchev–Trinajstić information content (AvgIpc) is 2.60. The number of nitrogens with one attached hydrogen (secondary N) is 1. The molecule has 0 saturated heterocycles. The maximum absolute atomic E-state index is 12.3. The number of H-pyrrole nitrogens is 1. The molecule has 0 aliphatic heterocycles. The number of hydrogen-bond acceptors (Lipinski definition) is 1. The minimum absolute atomic E-state index is 0.0545. The zero-order chi connectivity index (χ0) is 14.2. The van der Waals surface area contributed by atoms with Crippen LogP contribution in [0.25, 0.3) is 5.69 Å². The summed E-state index contributed by atoms with van der Waals surface area (Å²) in [6.45, 7) is 10.4. The lowest BCUT2D eigenvalue weighted by Crippen LogP contribution is -2.15. The molecule has 1 aromatic heterocycles. The largest absolute Gasteiger partial charge is 0.295 e. The number of rotatable bonds is 3. The van der Waals surface area contributed by atoms with Gasteiger partial charge in [0.05, 0.1) is 5.69 Å².